The van der Waals surface area contributed by atoms with Crippen molar-refractivity contribution >= 4 is 28.6 Å². The van der Waals surface area contributed by atoms with Crippen LogP contribution in [0.4, 0.5) is 5.69 Å². The molecule has 4 rings (SSSR count). The summed E-state index contributed by atoms with van der Waals surface area (Å²) >= 11 is -2.34. The number of furan rings is 1. The van der Waals surface area contributed by atoms with Crippen molar-refractivity contribution < 1.29 is 18.0 Å². The smallest absolute Gasteiger partial charge is 0.274 e. The molecule has 0 saturated heterocycles. The second-order valence-corrected chi connectivity index (χ2v) is 8.23. The molecule has 8 heteroatoms. The second kappa shape index (κ2) is 8.87. The van der Waals surface area contributed by atoms with Crippen LogP contribution in [0, 0.1) is 0 Å². The summed E-state index contributed by atoms with van der Waals surface area (Å²) in [5.74, 6) is 0.465. The third-order valence-corrected chi connectivity index (χ3v) is 6.04. The van der Waals surface area contributed by atoms with Gasteiger partial charge in [-0.25, -0.2) is 5.01 Å². The Morgan fingerprint density at radius 1 is 1.19 bits per heavy atom. The zero-order chi connectivity index (χ0) is 22.0. The Hall–Kier alpha value is -3.23. The molecule has 1 aliphatic heterocycles. The highest BCUT2D eigenvalue weighted by Crippen LogP contribution is 2.34. The van der Waals surface area contributed by atoms with E-state index in [1.54, 1.807) is 36.6 Å². The SMILES string of the molecule is CCc1ccc(C(=O)N2N=C(c3ccc(N(C)S(=O)[O-])cc3)CC2c2ccco2)cc1. The maximum absolute atomic E-state index is 13.2. The van der Waals surface area contributed by atoms with Crippen molar-refractivity contribution in [2.75, 3.05) is 11.4 Å². The Kier molecular flexibility index (Phi) is 6.01. The Labute approximate surface area is 183 Å². The third kappa shape index (κ3) is 4.30. The lowest BCUT2D eigenvalue weighted by atomic mass is 10.0. The number of amides is 1. The normalized spacial score (nSPS) is 16.8. The standard InChI is InChI=1S/C23H23N3O4S/c1-3-16-6-8-18(9-7-16)23(27)26-21(22-5-4-14-30-22)15-20(24-26)17-10-12-19(13-11-17)25(2)31(28)29/h4-14,21H,3,15H2,1-2H3,(H,28,29)/p-1. The van der Waals surface area contributed by atoms with Gasteiger partial charge in [0.1, 0.15) is 11.8 Å². The summed E-state index contributed by atoms with van der Waals surface area (Å²) in [6.45, 7) is 2.07. The largest absolute Gasteiger partial charge is 0.755 e. The van der Waals surface area contributed by atoms with Gasteiger partial charge in [-0.2, -0.15) is 5.10 Å². The maximum atomic E-state index is 13.2. The van der Waals surface area contributed by atoms with Crippen molar-refractivity contribution in [1.29, 1.82) is 0 Å². The van der Waals surface area contributed by atoms with Gasteiger partial charge in [0.15, 0.2) is 0 Å². The van der Waals surface area contributed by atoms with Crippen LogP contribution in [0.25, 0.3) is 0 Å². The van der Waals surface area contributed by atoms with E-state index in [0.717, 1.165) is 27.6 Å². The van der Waals surface area contributed by atoms with Crippen molar-refractivity contribution in [2.45, 2.75) is 25.8 Å². The molecular formula is C23H22N3O4S-. The number of rotatable bonds is 6. The van der Waals surface area contributed by atoms with E-state index in [9.17, 15) is 13.6 Å². The molecule has 2 heterocycles. The Morgan fingerprint density at radius 2 is 1.90 bits per heavy atom. The molecule has 7 nitrogen and oxygen atoms in total. The molecule has 1 aliphatic rings. The van der Waals surface area contributed by atoms with Crippen LogP contribution in [-0.2, 0) is 17.7 Å². The van der Waals surface area contributed by atoms with Crippen LogP contribution in [-0.4, -0.2) is 32.4 Å². The van der Waals surface area contributed by atoms with E-state index >= 15 is 0 Å². The first-order chi connectivity index (χ1) is 15.0. The summed E-state index contributed by atoms with van der Waals surface area (Å²) in [7, 11) is 1.47. The quantitative estimate of drug-likeness (QED) is 0.545. The average molecular weight is 437 g/mol. The van der Waals surface area contributed by atoms with Crippen LogP contribution in [0.2, 0.25) is 0 Å². The van der Waals surface area contributed by atoms with E-state index in [-0.39, 0.29) is 11.9 Å². The second-order valence-electron chi connectivity index (χ2n) is 7.24. The minimum atomic E-state index is -2.34. The lowest BCUT2D eigenvalue weighted by molar-refractivity contribution is 0.0693. The molecule has 1 amide bonds. The first-order valence-electron chi connectivity index (χ1n) is 9.95. The van der Waals surface area contributed by atoms with Crippen molar-refractivity contribution in [3.05, 3.63) is 89.4 Å². The molecule has 0 aliphatic carbocycles. The van der Waals surface area contributed by atoms with Gasteiger partial charge in [-0.15, -0.1) is 0 Å². The molecule has 2 aromatic carbocycles. The van der Waals surface area contributed by atoms with Crippen LogP contribution in [0.15, 0.2) is 76.4 Å². The third-order valence-electron chi connectivity index (χ3n) is 5.39. The minimum Gasteiger partial charge on any atom is -0.755 e. The van der Waals surface area contributed by atoms with Crippen molar-refractivity contribution in [3.63, 3.8) is 0 Å². The fourth-order valence-electron chi connectivity index (χ4n) is 3.54. The molecule has 2 atom stereocenters. The predicted molar refractivity (Wildman–Crippen MR) is 118 cm³/mol. The van der Waals surface area contributed by atoms with Crippen molar-refractivity contribution in [1.82, 2.24) is 5.01 Å². The highest BCUT2D eigenvalue weighted by molar-refractivity contribution is 7.80. The minimum absolute atomic E-state index is 0.197. The van der Waals surface area contributed by atoms with Gasteiger partial charge in [0.2, 0.25) is 0 Å². The van der Waals surface area contributed by atoms with Crippen LogP contribution in [0.5, 0.6) is 0 Å². The zero-order valence-corrected chi connectivity index (χ0v) is 18.0. The van der Waals surface area contributed by atoms with Gasteiger partial charge in [-0.1, -0.05) is 31.2 Å². The fraction of sp³-hybridized carbons (Fsp3) is 0.217. The number of hydrogen-bond donors (Lipinski definition) is 0. The van der Waals surface area contributed by atoms with E-state index in [0.29, 0.717) is 23.4 Å². The Balaban J connectivity index is 1.64. The van der Waals surface area contributed by atoms with E-state index < -0.39 is 11.3 Å². The monoisotopic (exact) mass is 436 g/mol. The number of aryl methyl sites for hydroxylation is 1. The molecule has 0 fully saturated rings. The van der Waals surface area contributed by atoms with E-state index in [2.05, 4.69) is 12.0 Å². The van der Waals surface area contributed by atoms with E-state index in [1.165, 1.54) is 12.1 Å². The number of carbonyl (C=O) groups excluding carboxylic acids is 1. The fourth-order valence-corrected chi connectivity index (χ4v) is 3.83. The van der Waals surface area contributed by atoms with Gasteiger partial charge < -0.3 is 13.3 Å². The first kappa shape index (κ1) is 21.0. The van der Waals surface area contributed by atoms with Gasteiger partial charge >= 0.3 is 0 Å². The number of carbonyl (C=O) groups is 1. The highest BCUT2D eigenvalue weighted by atomic mass is 32.2. The van der Waals surface area contributed by atoms with Gasteiger partial charge in [0, 0.05) is 36.0 Å². The van der Waals surface area contributed by atoms with Gasteiger partial charge in [-0.05, 0) is 53.9 Å². The van der Waals surface area contributed by atoms with Crippen molar-refractivity contribution in [2.24, 2.45) is 5.10 Å². The molecular weight excluding hydrogens is 414 g/mol. The molecule has 1 aromatic heterocycles. The zero-order valence-electron chi connectivity index (χ0n) is 17.2. The number of hydrogen-bond acceptors (Lipinski definition) is 5. The molecule has 0 bridgehead atoms. The van der Waals surface area contributed by atoms with Crippen LogP contribution in [0.1, 0.15) is 46.6 Å². The number of nitrogens with zero attached hydrogens (tertiary/aromatic N) is 3. The van der Waals surface area contributed by atoms with Gasteiger partial charge in [0.25, 0.3) is 5.91 Å². The molecule has 0 radical (unpaired) electrons. The Morgan fingerprint density at radius 3 is 2.48 bits per heavy atom. The molecule has 2 unspecified atom stereocenters. The highest BCUT2D eigenvalue weighted by Gasteiger charge is 2.35. The van der Waals surface area contributed by atoms with Crippen LogP contribution in [0.3, 0.4) is 0 Å². The molecule has 0 spiro atoms. The first-order valence-corrected chi connectivity index (χ1v) is 11.0. The average Bonchev–Trinajstić information content (AvgIpc) is 3.48. The molecule has 0 N–H and O–H groups in total. The van der Waals surface area contributed by atoms with E-state index in [1.807, 2.05) is 30.3 Å². The van der Waals surface area contributed by atoms with Gasteiger partial charge in [-0.3, -0.25) is 9.00 Å². The lowest BCUT2D eigenvalue weighted by Crippen LogP contribution is -2.26. The van der Waals surface area contributed by atoms with Gasteiger partial charge in [0.05, 0.1) is 12.0 Å². The maximum Gasteiger partial charge on any atom is 0.274 e. The topological polar surface area (TPSA) is 89.2 Å². The van der Waals surface area contributed by atoms with E-state index in [4.69, 9.17) is 4.42 Å². The molecule has 3 aromatic rings. The summed E-state index contributed by atoms with van der Waals surface area (Å²) in [6, 6.07) is 17.9. The summed E-state index contributed by atoms with van der Waals surface area (Å²) in [6.07, 6.45) is 2.98. The summed E-state index contributed by atoms with van der Waals surface area (Å²) in [5, 5.41) is 6.10. The van der Waals surface area contributed by atoms with Crippen LogP contribution >= 0.6 is 0 Å². The number of anilines is 1. The Bertz CT molecular complexity index is 1110. The van der Waals surface area contributed by atoms with Crippen LogP contribution < -0.4 is 4.31 Å². The number of benzene rings is 2. The van der Waals surface area contributed by atoms with Crippen molar-refractivity contribution in [3.8, 4) is 0 Å². The predicted octanol–water partition coefficient (Wildman–Crippen LogP) is 4.06. The molecule has 31 heavy (non-hydrogen) atoms. The molecule has 160 valence electrons. The summed E-state index contributed by atoms with van der Waals surface area (Å²) in [4.78, 5) is 13.2. The summed E-state index contributed by atoms with van der Waals surface area (Å²) in [5.41, 5.74) is 3.82. The number of hydrazone groups is 1. The summed E-state index contributed by atoms with van der Waals surface area (Å²) < 4.78 is 29.0. The lowest BCUT2D eigenvalue weighted by Gasteiger charge is -2.21. The molecule has 0 saturated carbocycles.